The van der Waals surface area contributed by atoms with E-state index in [-0.39, 0.29) is 24.0 Å². The molecule has 0 spiro atoms. The lowest BCUT2D eigenvalue weighted by Gasteiger charge is -2.29. The van der Waals surface area contributed by atoms with Crippen LogP contribution in [-0.2, 0) is 20.7 Å². The Morgan fingerprint density at radius 2 is 1.68 bits per heavy atom. The van der Waals surface area contributed by atoms with Gasteiger partial charge < -0.3 is 4.74 Å². The highest BCUT2D eigenvalue weighted by molar-refractivity contribution is 9.10. The van der Waals surface area contributed by atoms with Gasteiger partial charge in [0.2, 0.25) is 0 Å². The van der Waals surface area contributed by atoms with Gasteiger partial charge >= 0.3 is 5.97 Å². The number of amides is 1. The highest BCUT2D eigenvalue weighted by Crippen LogP contribution is 2.44. The Labute approximate surface area is 247 Å². The summed E-state index contributed by atoms with van der Waals surface area (Å²) >= 11 is 3.58. The van der Waals surface area contributed by atoms with Crippen molar-refractivity contribution in [3.05, 3.63) is 110 Å². The maximum Gasteiger partial charge on any atom is 0.310 e. The van der Waals surface area contributed by atoms with Crippen LogP contribution < -0.4 is 0 Å². The molecule has 0 radical (unpaired) electrons. The summed E-state index contributed by atoms with van der Waals surface area (Å²) in [4.78, 5) is 26.4. The van der Waals surface area contributed by atoms with E-state index in [0.29, 0.717) is 0 Å². The third kappa shape index (κ3) is 6.17. The Balaban J connectivity index is 1.39. The van der Waals surface area contributed by atoms with E-state index in [1.54, 1.807) is 24.3 Å². The first-order valence-electron chi connectivity index (χ1n) is 13.7. The van der Waals surface area contributed by atoms with Crippen LogP contribution in [0.25, 0.3) is 6.08 Å². The van der Waals surface area contributed by atoms with Gasteiger partial charge in [0.05, 0.1) is 18.2 Å². The van der Waals surface area contributed by atoms with Crippen LogP contribution in [0.2, 0.25) is 0 Å². The Kier molecular flexibility index (Phi) is 8.50. The molecule has 0 N–H and O–H groups in total. The third-order valence-electron chi connectivity index (χ3n) is 7.89. The summed E-state index contributed by atoms with van der Waals surface area (Å²) in [6.45, 7) is 5.44. The zero-order valence-corrected chi connectivity index (χ0v) is 24.8. The molecule has 2 atom stereocenters. The van der Waals surface area contributed by atoms with Crippen molar-refractivity contribution in [3.63, 3.8) is 0 Å². The number of carbonyl (C=O) groups is 2. The summed E-state index contributed by atoms with van der Waals surface area (Å²) in [5.74, 6) is -1.73. The molecule has 1 heterocycles. The van der Waals surface area contributed by atoms with Crippen LogP contribution in [0.1, 0.15) is 58.7 Å². The summed E-state index contributed by atoms with van der Waals surface area (Å²) < 4.78 is 33.7. The second-order valence-corrected chi connectivity index (χ2v) is 11.5. The number of rotatable bonds is 6. The van der Waals surface area contributed by atoms with E-state index in [4.69, 9.17) is 9.84 Å². The summed E-state index contributed by atoms with van der Waals surface area (Å²) in [5, 5.41) is 6.16. The number of hydrogen-bond acceptors (Lipinski definition) is 4. The minimum atomic E-state index is -0.500. The molecular weight excluding hydrogens is 590 g/mol. The highest BCUT2D eigenvalue weighted by Gasteiger charge is 2.43. The van der Waals surface area contributed by atoms with Gasteiger partial charge in [-0.25, -0.2) is 13.8 Å². The van der Waals surface area contributed by atoms with Gasteiger partial charge in [-0.2, -0.15) is 5.10 Å². The molecule has 0 saturated heterocycles. The van der Waals surface area contributed by atoms with E-state index in [2.05, 4.69) is 15.9 Å². The van der Waals surface area contributed by atoms with Crippen molar-refractivity contribution < 1.29 is 23.1 Å². The highest BCUT2D eigenvalue weighted by atomic mass is 79.9. The molecule has 5 rings (SSSR count). The average molecular weight is 622 g/mol. The van der Waals surface area contributed by atoms with Crippen LogP contribution in [-0.4, -0.2) is 29.2 Å². The number of benzene rings is 3. The Morgan fingerprint density at radius 1 is 1.02 bits per heavy atom. The molecule has 5 nitrogen and oxygen atoms in total. The van der Waals surface area contributed by atoms with E-state index >= 15 is 0 Å². The summed E-state index contributed by atoms with van der Waals surface area (Å²) in [6, 6.07) is 13.9. The van der Waals surface area contributed by atoms with Crippen molar-refractivity contribution in [2.75, 3.05) is 6.61 Å². The second-order valence-electron chi connectivity index (χ2n) is 10.7. The third-order valence-corrected chi connectivity index (χ3v) is 9.11. The van der Waals surface area contributed by atoms with Gasteiger partial charge in [0, 0.05) is 10.4 Å². The fraction of sp³-hybridized carbons (Fsp3) is 0.303. The standard InChI is InChI=1S/C33H31BrF2N2O3/c1-19-15-20(2)31(34)21(3)28(19)17-30(40)41-18-29(39)38-33(23-9-13-26(36)14-10-23)27-6-4-5-24(32(27)37-38)16-22-7-11-25(35)12-8-22/h7-16,27,33H,4-6,17-18H2,1-3H3/b24-16-. The van der Waals surface area contributed by atoms with Crippen molar-refractivity contribution in [2.24, 2.45) is 11.0 Å². The van der Waals surface area contributed by atoms with E-state index in [9.17, 15) is 18.4 Å². The molecule has 8 heteroatoms. The number of fused-ring (bicyclic) bond motifs is 1. The Morgan fingerprint density at radius 3 is 2.37 bits per heavy atom. The van der Waals surface area contributed by atoms with Gasteiger partial charge in [-0.3, -0.25) is 9.59 Å². The second kappa shape index (κ2) is 12.1. The first-order valence-corrected chi connectivity index (χ1v) is 14.4. The molecule has 2 unspecified atom stereocenters. The lowest BCUT2D eigenvalue weighted by molar-refractivity contribution is -0.152. The van der Waals surface area contributed by atoms with Crippen molar-refractivity contribution in [3.8, 4) is 0 Å². The molecule has 1 aliphatic carbocycles. The van der Waals surface area contributed by atoms with Gasteiger partial charge in [0.1, 0.15) is 11.6 Å². The maximum absolute atomic E-state index is 13.8. The van der Waals surface area contributed by atoms with Crippen LogP contribution in [0.5, 0.6) is 0 Å². The summed E-state index contributed by atoms with van der Waals surface area (Å²) in [6.07, 6.45) is 4.48. The lowest BCUT2D eigenvalue weighted by Crippen LogP contribution is -2.34. The van der Waals surface area contributed by atoms with Crippen LogP contribution in [0.4, 0.5) is 8.78 Å². The molecule has 3 aromatic carbocycles. The fourth-order valence-electron chi connectivity index (χ4n) is 5.84. The predicted molar refractivity (Wildman–Crippen MR) is 158 cm³/mol. The average Bonchev–Trinajstić information content (AvgIpc) is 3.35. The number of halogens is 3. The molecule has 1 aliphatic heterocycles. The molecule has 0 bridgehead atoms. The normalized spacial score (nSPS) is 19.2. The smallest absolute Gasteiger partial charge is 0.310 e. The van der Waals surface area contributed by atoms with Crippen LogP contribution in [0, 0.1) is 38.3 Å². The number of aryl methyl sites for hydroxylation is 2. The number of esters is 1. The molecule has 212 valence electrons. The zero-order valence-electron chi connectivity index (χ0n) is 23.2. The van der Waals surface area contributed by atoms with E-state index < -0.39 is 24.5 Å². The lowest BCUT2D eigenvalue weighted by atomic mass is 9.77. The molecule has 0 aromatic heterocycles. The van der Waals surface area contributed by atoms with Crippen molar-refractivity contribution in [1.82, 2.24) is 5.01 Å². The number of hydrogen-bond donors (Lipinski definition) is 0. The SMILES string of the molecule is Cc1cc(C)c(CC(=O)OCC(=O)N2N=C3/C(=C\c4ccc(F)cc4)CCCC3C2c2ccc(F)cc2)c(C)c1Br. The minimum absolute atomic E-state index is 0.0485. The predicted octanol–water partition coefficient (Wildman–Crippen LogP) is 7.56. The van der Waals surface area contributed by atoms with Crippen molar-refractivity contribution in [2.45, 2.75) is 52.5 Å². The topological polar surface area (TPSA) is 59.0 Å². The van der Waals surface area contributed by atoms with Gasteiger partial charge in [0.25, 0.3) is 5.91 Å². The minimum Gasteiger partial charge on any atom is -0.455 e. The van der Waals surface area contributed by atoms with Crippen molar-refractivity contribution in [1.29, 1.82) is 0 Å². The van der Waals surface area contributed by atoms with Gasteiger partial charge in [-0.15, -0.1) is 0 Å². The molecule has 1 fully saturated rings. The summed E-state index contributed by atoms with van der Waals surface area (Å²) in [5.41, 5.74) is 7.27. The molecule has 3 aromatic rings. The largest absolute Gasteiger partial charge is 0.455 e. The number of nitrogens with zero attached hydrogens (tertiary/aromatic N) is 2. The quantitative estimate of drug-likeness (QED) is 0.267. The van der Waals surface area contributed by atoms with E-state index in [1.165, 1.54) is 29.3 Å². The number of hydrazone groups is 1. The first kappa shape index (κ1) is 28.9. The van der Waals surface area contributed by atoms with Crippen LogP contribution in [0.15, 0.2) is 69.7 Å². The maximum atomic E-state index is 13.8. The van der Waals surface area contributed by atoms with Gasteiger partial charge in [-0.1, -0.05) is 46.3 Å². The Bertz CT molecular complexity index is 1550. The zero-order chi connectivity index (χ0) is 29.3. The number of carbonyl (C=O) groups excluding carboxylic acids is 2. The van der Waals surface area contributed by atoms with E-state index in [0.717, 1.165) is 68.4 Å². The monoisotopic (exact) mass is 620 g/mol. The van der Waals surface area contributed by atoms with Crippen LogP contribution >= 0.6 is 15.9 Å². The molecule has 41 heavy (non-hydrogen) atoms. The molecule has 1 saturated carbocycles. The summed E-state index contributed by atoms with van der Waals surface area (Å²) in [7, 11) is 0. The van der Waals surface area contributed by atoms with Gasteiger partial charge in [0.15, 0.2) is 6.61 Å². The fourth-order valence-corrected chi connectivity index (χ4v) is 6.19. The molecule has 1 amide bonds. The molecule has 2 aliphatic rings. The molecular formula is C33H31BrF2N2O3. The van der Waals surface area contributed by atoms with E-state index in [1.807, 2.05) is 32.9 Å². The first-order chi connectivity index (χ1) is 19.6. The number of ether oxygens (including phenoxy) is 1. The van der Waals surface area contributed by atoms with Crippen molar-refractivity contribution >= 4 is 39.6 Å². The van der Waals surface area contributed by atoms with Gasteiger partial charge in [-0.05, 0) is 109 Å². The van der Waals surface area contributed by atoms with Crippen LogP contribution in [0.3, 0.4) is 0 Å². The Hall–Kier alpha value is -3.65. The number of allylic oxidation sites excluding steroid dienone is 1.